The van der Waals surface area contributed by atoms with Gasteiger partial charge in [0.25, 0.3) is 23.6 Å². The number of nitrogens with zero attached hydrogens (tertiary/aromatic N) is 4. The molecular formula is C49H48N8O10S4. The Morgan fingerprint density at radius 1 is 0.465 bits per heavy atom. The Morgan fingerprint density at radius 3 is 1.07 bits per heavy atom. The summed E-state index contributed by atoms with van der Waals surface area (Å²) in [6, 6.07) is 25.9. The van der Waals surface area contributed by atoms with Crippen molar-refractivity contribution >= 4 is 101 Å². The maximum atomic E-state index is 12.1. The molecule has 22 heteroatoms. The fourth-order valence-electron chi connectivity index (χ4n) is 5.43. The first-order valence-corrected chi connectivity index (χ1v) is 23.9. The van der Waals surface area contributed by atoms with Gasteiger partial charge in [-0.1, -0.05) is 56.0 Å². The molecule has 8 rings (SSSR count). The van der Waals surface area contributed by atoms with E-state index in [1.54, 1.807) is 97.3 Å². The molecule has 0 saturated heterocycles. The maximum Gasteiger partial charge on any atom is 0.308 e. The number of para-hydroxylation sites is 4. The first-order valence-electron chi connectivity index (χ1n) is 20.5. The van der Waals surface area contributed by atoms with Gasteiger partial charge >= 0.3 is 11.9 Å². The number of aryl methyl sites for hydroxylation is 4. The van der Waals surface area contributed by atoms with Crippen LogP contribution in [0.15, 0.2) is 120 Å². The Morgan fingerprint density at radius 2 is 0.775 bits per heavy atom. The molecule has 0 bridgehead atoms. The predicted octanol–water partition coefficient (Wildman–Crippen LogP) is 10.7. The van der Waals surface area contributed by atoms with Crippen molar-refractivity contribution in [1.82, 2.24) is 19.9 Å². The second-order valence-corrected chi connectivity index (χ2v) is 18.4. The number of amides is 4. The van der Waals surface area contributed by atoms with Crippen molar-refractivity contribution in [3.8, 4) is 23.0 Å². The number of carbonyl (C=O) groups is 6. The van der Waals surface area contributed by atoms with E-state index in [0.717, 1.165) is 21.1 Å². The molecule has 8 aromatic rings. The van der Waals surface area contributed by atoms with Gasteiger partial charge in [-0.25, -0.2) is 19.9 Å². The third-order valence-corrected chi connectivity index (χ3v) is 11.8. The molecular weight excluding hydrogens is 989 g/mol. The molecule has 0 aliphatic rings. The van der Waals surface area contributed by atoms with Crippen LogP contribution in [0.3, 0.4) is 0 Å². The molecule has 18 nitrogen and oxygen atoms in total. The van der Waals surface area contributed by atoms with Crippen LogP contribution in [0.25, 0.3) is 0 Å². The second kappa shape index (κ2) is 27.1. The number of ether oxygens (including phenoxy) is 2. The standard InChI is InChI=1S/2C13H12N2O3S.2C11H10N2O2S.CH4/c1-8-7-19-13(14-8)15-12(17)10-5-3-4-6-11(10)18-9(2)16;1-8-7-14-13(19-8)15-12(17)10-5-3-4-6-11(10)18-9(2)16;1-7-6-16-11(12-7)13-10(15)8-4-2-3-5-9(8)14;1-7-6-12-11(16-7)13-10(15)8-4-2-3-5-9(8)14;/h2*3-7H,1-2H3,(H,14,15,17);2*2-6,14H,1H3,(H,12,13,15);1H4. The lowest BCUT2D eigenvalue weighted by Gasteiger charge is -2.07. The van der Waals surface area contributed by atoms with Gasteiger partial charge in [-0.05, 0) is 76.2 Å². The molecule has 4 heterocycles. The SMILES string of the molecule is C.CC(=O)Oc1ccccc1C(=O)Nc1nc(C)cs1.CC(=O)Oc1ccccc1C(=O)Nc1ncc(C)s1.Cc1cnc(NC(=O)c2ccccc2O)s1.Cc1csc(NC(=O)c2ccccc2O)n1. The number of anilines is 4. The lowest BCUT2D eigenvalue weighted by molar-refractivity contribution is -0.132. The Bertz CT molecular complexity index is 2900. The third kappa shape index (κ3) is 17.7. The number of hydrogen-bond acceptors (Lipinski definition) is 18. The molecule has 0 unspecified atom stereocenters. The van der Waals surface area contributed by atoms with Gasteiger partial charge in [-0.3, -0.25) is 50.0 Å². The van der Waals surface area contributed by atoms with E-state index < -0.39 is 11.9 Å². The molecule has 71 heavy (non-hydrogen) atoms. The van der Waals surface area contributed by atoms with Crippen molar-refractivity contribution in [1.29, 1.82) is 0 Å². The van der Waals surface area contributed by atoms with E-state index in [2.05, 4.69) is 41.2 Å². The van der Waals surface area contributed by atoms with Crippen molar-refractivity contribution in [2.24, 2.45) is 0 Å². The molecule has 0 saturated carbocycles. The maximum absolute atomic E-state index is 12.1. The highest BCUT2D eigenvalue weighted by molar-refractivity contribution is 7.16. The summed E-state index contributed by atoms with van der Waals surface area (Å²) in [5.41, 5.74) is 2.79. The molecule has 4 aromatic heterocycles. The minimum atomic E-state index is -0.467. The number of rotatable bonds is 10. The normalized spacial score (nSPS) is 9.89. The Labute approximate surface area is 424 Å². The van der Waals surface area contributed by atoms with Crippen molar-refractivity contribution < 1.29 is 48.5 Å². The molecule has 4 amide bonds. The molecule has 0 fully saturated rings. The van der Waals surface area contributed by atoms with E-state index in [9.17, 15) is 39.0 Å². The average Bonchev–Trinajstić information content (AvgIpc) is 4.13. The van der Waals surface area contributed by atoms with Crippen LogP contribution in [0.5, 0.6) is 23.0 Å². The van der Waals surface area contributed by atoms with Gasteiger partial charge in [-0.15, -0.1) is 45.3 Å². The Hall–Kier alpha value is -8.18. The number of phenolic OH excluding ortho intramolecular Hbond substituents is 2. The number of benzene rings is 4. The van der Waals surface area contributed by atoms with Crippen LogP contribution in [-0.2, 0) is 9.59 Å². The fraction of sp³-hybridized carbons (Fsp3) is 0.143. The van der Waals surface area contributed by atoms with Crippen molar-refractivity contribution in [2.75, 3.05) is 21.3 Å². The highest BCUT2D eigenvalue weighted by atomic mass is 32.1. The van der Waals surface area contributed by atoms with E-state index in [4.69, 9.17) is 9.47 Å². The zero-order valence-corrected chi connectivity index (χ0v) is 41.4. The number of phenols is 2. The predicted molar refractivity (Wildman–Crippen MR) is 278 cm³/mol. The molecule has 0 spiro atoms. The van der Waals surface area contributed by atoms with E-state index in [1.165, 1.54) is 71.3 Å². The first-order chi connectivity index (χ1) is 33.4. The summed E-state index contributed by atoms with van der Waals surface area (Å²) in [5.74, 6) is -1.95. The topological polar surface area (TPSA) is 261 Å². The number of thiazole rings is 4. The van der Waals surface area contributed by atoms with Gasteiger partial charge in [0.1, 0.15) is 23.0 Å². The van der Waals surface area contributed by atoms with Crippen LogP contribution < -0.4 is 30.7 Å². The van der Waals surface area contributed by atoms with E-state index in [0.29, 0.717) is 31.7 Å². The monoisotopic (exact) mass is 1040 g/mol. The Kier molecular flexibility index (Phi) is 21.2. The third-order valence-electron chi connectivity index (χ3n) is 8.43. The summed E-state index contributed by atoms with van der Waals surface area (Å²) >= 11 is 5.47. The van der Waals surface area contributed by atoms with Gasteiger partial charge in [0.05, 0.1) is 33.6 Å². The molecule has 6 N–H and O–H groups in total. The second-order valence-electron chi connectivity index (χ2n) is 14.2. The van der Waals surface area contributed by atoms with Crippen LogP contribution in [0.4, 0.5) is 20.5 Å². The average molecular weight is 1040 g/mol. The first kappa shape index (κ1) is 55.4. The quantitative estimate of drug-likeness (QED) is 0.0550. The van der Waals surface area contributed by atoms with Gasteiger partial charge in [0.2, 0.25) is 0 Å². The molecule has 0 aliphatic heterocycles. The van der Waals surface area contributed by atoms with Gasteiger partial charge < -0.3 is 19.7 Å². The number of aromatic hydroxyl groups is 2. The molecule has 4 aromatic carbocycles. The summed E-state index contributed by atoms with van der Waals surface area (Å²) in [6.07, 6.45) is 3.36. The van der Waals surface area contributed by atoms with Crippen molar-refractivity contribution in [3.63, 3.8) is 0 Å². The smallest absolute Gasteiger partial charge is 0.308 e. The van der Waals surface area contributed by atoms with E-state index in [1.807, 2.05) is 38.5 Å². The number of esters is 2. The summed E-state index contributed by atoms with van der Waals surface area (Å²) in [6.45, 7) is 10.1. The summed E-state index contributed by atoms with van der Waals surface area (Å²) in [4.78, 5) is 88.0. The minimum Gasteiger partial charge on any atom is -0.507 e. The zero-order valence-electron chi connectivity index (χ0n) is 38.1. The molecule has 368 valence electrons. The molecule has 0 atom stereocenters. The van der Waals surface area contributed by atoms with Crippen LogP contribution in [0, 0.1) is 27.7 Å². The van der Waals surface area contributed by atoms with Crippen LogP contribution in [0.2, 0.25) is 0 Å². The van der Waals surface area contributed by atoms with Gasteiger partial charge in [-0.2, -0.15) is 0 Å². The molecule has 0 radical (unpaired) electrons. The summed E-state index contributed by atoms with van der Waals surface area (Å²) < 4.78 is 9.99. The minimum absolute atomic E-state index is 0. The number of carbonyl (C=O) groups excluding carboxylic acids is 6. The Balaban J connectivity index is 0.000000205. The van der Waals surface area contributed by atoms with E-state index in [-0.39, 0.29) is 65.2 Å². The fourth-order valence-corrected chi connectivity index (χ4v) is 8.12. The zero-order chi connectivity index (χ0) is 50.7. The number of aromatic nitrogens is 4. The van der Waals surface area contributed by atoms with Crippen LogP contribution in [-0.4, -0.2) is 65.7 Å². The highest BCUT2D eigenvalue weighted by Gasteiger charge is 2.17. The van der Waals surface area contributed by atoms with Crippen LogP contribution in [0.1, 0.15) is 83.8 Å². The van der Waals surface area contributed by atoms with E-state index >= 15 is 0 Å². The number of nitrogens with one attached hydrogen (secondary N) is 4. The van der Waals surface area contributed by atoms with Crippen LogP contribution >= 0.6 is 45.3 Å². The van der Waals surface area contributed by atoms with Gasteiger partial charge in [0, 0.05) is 46.8 Å². The molecule has 0 aliphatic carbocycles. The van der Waals surface area contributed by atoms with Crippen molar-refractivity contribution in [3.05, 3.63) is 164 Å². The lowest BCUT2D eigenvalue weighted by Crippen LogP contribution is -2.14. The van der Waals surface area contributed by atoms with Crippen molar-refractivity contribution in [2.45, 2.75) is 49.0 Å². The summed E-state index contributed by atoms with van der Waals surface area (Å²) in [7, 11) is 0. The largest absolute Gasteiger partial charge is 0.507 e. The van der Waals surface area contributed by atoms with Gasteiger partial charge in [0.15, 0.2) is 20.5 Å². The summed E-state index contributed by atoms with van der Waals surface area (Å²) in [5, 5.41) is 35.4. The lowest BCUT2D eigenvalue weighted by atomic mass is 10.2. The highest BCUT2D eigenvalue weighted by Crippen LogP contribution is 2.25. The number of hydrogen-bond donors (Lipinski definition) is 6.